The monoisotopic (exact) mass is 565 g/mol. The molecule has 2 N–H and O–H groups in total. The second-order valence-electron chi connectivity index (χ2n) is 8.72. The number of anilines is 2. The lowest BCUT2D eigenvalue weighted by molar-refractivity contribution is -0.113. The van der Waals surface area contributed by atoms with Gasteiger partial charge in [0.2, 0.25) is 5.95 Å². The fourth-order valence-corrected chi connectivity index (χ4v) is 4.65. The molecule has 200 valence electrons. The van der Waals surface area contributed by atoms with Gasteiger partial charge in [-0.05, 0) is 66.6 Å². The molecule has 0 saturated heterocycles. The molecule has 0 radical (unpaired) electrons. The first-order chi connectivity index (χ1) is 18.9. The third kappa shape index (κ3) is 5.50. The third-order valence-corrected chi connectivity index (χ3v) is 7.01. The topological polar surface area (TPSA) is 99.5 Å². The zero-order chi connectivity index (χ0) is 27.5. The summed E-state index contributed by atoms with van der Waals surface area (Å²) in [5.41, 5.74) is 3.40. The number of fused-ring (bicyclic) bond motifs is 1. The van der Waals surface area contributed by atoms with Crippen LogP contribution in [-0.2, 0) is 11.4 Å². The van der Waals surface area contributed by atoms with Crippen molar-refractivity contribution in [2.45, 2.75) is 19.6 Å². The number of ether oxygens (including phenoxy) is 3. The zero-order valence-corrected chi connectivity index (χ0v) is 22.9. The molecule has 1 aromatic heterocycles. The molecule has 0 unspecified atom stereocenters. The molecule has 0 saturated carbocycles. The number of benzene rings is 3. The van der Waals surface area contributed by atoms with Crippen molar-refractivity contribution >= 4 is 40.7 Å². The van der Waals surface area contributed by atoms with Crippen LogP contribution in [-0.4, -0.2) is 34.9 Å². The molecule has 11 heteroatoms. The summed E-state index contributed by atoms with van der Waals surface area (Å²) >= 11 is 12.2. The molecule has 1 aliphatic rings. The molecule has 2 heterocycles. The Hall–Kier alpha value is -4.21. The van der Waals surface area contributed by atoms with Gasteiger partial charge in [-0.2, -0.15) is 10.1 Å². The van der Waals surface area contributed by atoms with Crippen molar-refractivity contribution in [1.82, 2.24) is 14.8 Å². The van der Waals surface area contributed by atoms with Crippen molar-refractivity contribution in [3.8, 4) is 17.2 Å². The van der Waals surface area contributed by atoms with Crippen molar-refractivity contribution in [2.24, 2.45) is 0 Å². The van der Waals surface area contributed by atoms with Gasteiger partial charge in [-0.3, -0.25) is 4.79 Å². The predicted molar refractivity (Wildman–Crippen MR) is 150 cm³/mol. The zero-order valence-electron chi connectivity index (χ0n) is 21.4. The molecule has 0 fully saturated rings. The van der Waals surface area contributed by atoms with Gasteiger partial charge in [-0.25, -0.2) is 4.68 Å². The Morgan fingerprint density at radius 2 is 1.79 bits per heavy atom. The number of aromatic nitrogens is 3. The van der Waals surface area contributed by atoms with E-state index < -0.39 is 6.04 Å². The van der Waals surface area contributed by atoms with Crippen LogP contribution in [0, 0.1) is 0 Å². The molecule has 9 nitrogen and oxygen atoms in total. The molecule has 1 atom stereocenters. The first kappa shape index (κ1) is 26.4. The quantitative estimate of drug-likeness (QED) is 0.266. The van der Waals surface area contributed by atoms with E-state index in [0.717, 1.165) is 11.1 Å². The van der Waals surface area contributed by atoms with E-state index in [4.69, 9.17) is 37.4 Å². The van der Waals surface area contributed by atoms with Gasteiger partial charge in [0.05, 0.1) is 29.8 Å². The highest BCUT2D eigenvalue weighted by atomic mass is 35.5. The molecule has 1 amide bonds. The Bertz CT molecular complexity index is 1550. The number of carbonyl (C=O) groups is 1. The highest BCUT2D eigenvalue weighted by Crippen LogP contribution is 2.39. The van der Waals surface area contributed by atoms with Crippen LogP contribution >= 0.6 is 23.2 Å². The van der Waals surface area contributed by atoms with Crippen molar-refractivity contribution in [2.75, 3.05) is 24.9 Å². The van der Waals surface area contributed by atoms with Crippen LogP contribution in [0.1, 0.15) is 24.1 Å². The lowest BCUT2D eigenvalue weighted by Gasteiger charge is -2.29. The number of nitrogens with one attached hydrogen (secondary N) is 2. The van der Waals surface area contributed by atoms with Crippen LogP contribution in [0.5, 0.6) is 17.2 Å². The van der Waals surface area contributed by atoms with E-state index in [1.54, 1.807) is 61.4 Å². The summed E-state index contributed by atoms with van der Waals surface area (Å²) in [4.78, 5) is 17.9. The van der Waals surface area contributed by atoms with E-state index in [1.807, 2.05) is 25.1 Å². The van der Waals surface area contributed by atoms with Gasteiger partial charge in [-0.15, -0.1) is 0 Å². The number of nitrogens with zero attached hydrogens (tertiary/aromatic N) is 3. The first-order valence-electron chi connectivity index (χ1n) is 11.9. The number of allylic oxidation sites excluding steroid dienone is 1. The van der Waals surface area contributed by atoms with E-state index in [1.165, 1.54) is 6.33 Å². The molecule has 5 rings (SSSR count). The van der Waals surface area contributed by atoms with Crippen LogP contribution in [0.2, 0.25) is 10.0 Å². The standard InChI is InChI=1S/C28H25Cl2N5O4/c1-16-25(27(36)34-19-6-8-20(37-2)9-7-19)26(35-28(33-16)31-15-32-35)18-5-11-23(24(13-18)38-3)39-14-17-4-10-21(29)22(30)12-17/h4-13,15,26H,14H2,1-3H3,(H,34,36)(H,31,32,33)/t26-/m0/s1. The van der Waals surface area contributed by atoms with Crippen molar-refractivity contribution in [3.05, 3.63) is 99.4 Å². The number of hydrogen-bond donors (Lipinski definition) is 2. The van der Waals surface area contributed by atoms with Gasteiger partial charge >= 0.3 is 0 Å². The van der Waals surface area contributed by atoms with E-state index >= 15 is 0 Å². The Kier molecular flexibility index (Phi) is 7.63. The molecule has 0 bridgehead atoms. The van der Waals surface area contributed by atoms with Crippen LogP contribution in [0.15, 0.2) is 78.3 Å². The highest BCUT2D eigenvalue weighted by Gasteiger charge is 2.34. The Morgan fingerprint density at radius 1 is 1.00 bits per heavy atom. The third-order valence-electron chi connectivity index (χ3n) is 6.27. The van der Waals surface area contributed by atoms with E-state index in [0.29, 0.717) is 50.2 Å². The molecular weight excluding hydrogens is 541 g/mol. The number of rotatable bonds is 8. The average molecular weight is 566 g/mol. The smallest absolute Gasteiger partial charge is 0.255 e. The second kappa shape index (κ2) is 11.3. The van der Waals surface area contributed by atoms with Crippen LogP contribution < -0.4 is 24.8 Å². The van der Waals surface area contributed by atoms with E-state index in [2.05, 4.69) is 20.7 Å². The first-order valence-corrected chi connectivity index (χ1v) is 12.7. The van der Waals surface area contributed by atoms with E-state index in [-0.39, 0.29) is 12.5 Å². The Morgan fingerprint density at radius 3 is 2.51 bits per heavy atom. The highest BCUT2D eigenvalue weighted by molar-refractivity contribution is 6.42. The van der Waals surface area contributed by atoms with Crippen molar-refractivity contribution < 1.29 is 19.0 Å². The van der Waals surface area contributed by atoms with Crippen LogP contribution in [0.25, 0.3) is 0 Å². The second-order valence-corrected chi connectivity index (χ2v) is 9.54. The summed E-state index contributed by atoms with van der Waals surface area (Å²) < 4.78 is 18.6. The molecule has 3 aromatic carbocycles. The minimum Gasteiger partial charge on any atom is -0.497 e. The molecule has 39 heavy (non-hydrogen) atoms. The number of methoxy groups -OCH3 is 2. The number of carbonyl (C=O) groups excluding carboxylic acids is 1. The van der Waals surface area contributed by atoms with Gasteiger partial charge in [-0.1, -0.05) is 35.3 Å². The van der Waals surface area contributed by atoms with Gasteiger partial charge in [0.1, 0.15) is 24.7 Å². The van der Waals surface area contributed by atoms with E-state index in [9.17, 15) is 4.79 Å². The van der Waals surface area contributed by atoms with Gasteiger partial charge in [0, 0.05) is 11.4 Å². The Labute approximate surface area is 235 Å². The normalized spacial score (nSPS) is 14.3. The van der Waals surface area contributed by atoms with Gasteiger partial charge in [0.25, 0.3) is 5.91 Å². The van der Waals surface area contributed by atoms with Crippen molar-refractivity contribution in [1.29, 1.82) is 0 Å². The lowest BCUT2D eigenvalue weighted by Crippen LogP contribution is -2.31. The maximum Gasteiger partial charge on any atom is 0.255 e. The van der Waals surface area contributed by atoms with Crippen molar-refractivity contribution in [3.63, 3.8) is 0 Å². The van der Waals surface area contributed by atoms with Gasteiger partial charge in [0.15, 0.2) is 11.5 Å². The summed E-state index contributed by atoms with van der Waals surface area (Å²) in [6.07, 6.45) is 1.44. The van der Waals surface area contributed by atoms with Gasteiger partial charge < -0.3 is 24.8 Å². The summed E-state index contributed by atoms with van der Waals surface area (Å²) in [6, 6.07) is 17.4. The molecule has 4 aromatic rings. The maximum absolute atomic E-state index is 13.6. The molecular formula is C28H25Cl2N5O4. The fourth-order valence-electron chi connectivity index (χ4n) is 4.33. The molecule has 0 spiro atoms. The molecule has 1 aliphatic heterocycles. The van der Waals surface area contributed by atoms with Crippen LogP contribution in [0.3, 0.4) is 0 Å². The largest absolute Gasteiger partial charge is 0.497 e. The minimum atomic E-state index is -0.569. The maximum atomic E-state index is 13.6. The Balaban J connectivity index is 1.45. The number of amides is 1. The minimum absolute atomic E-state index is 0.266. The average Bonchev–Trinajstić information content (AvgIpc) is 3.41. The lowest BCUT2D eigenvalue weighted by atomic mass is 9.94. The summed E-state index contributed by atoms with van der Waals surface area (Å²) in [5.74, 6) is 1.97. The predicted octanol–water partition coefficient (Wildman–Crippen LogP) is 6.11. The summed E-state index contributed by atoms with van der Waals surface area (Å²) in [7, 11) is 3.15. The SMILES string of the molecule is COc1ccc(NC(=O)C2=C(C)Nc3ncnn3[C@H]2c2ccc(OCc3ccc(Cl)c(Cl)c3)c(OC)c2)cc1. The number of halogens is 2. The van der Waals surface area contributed by atoms with Crippen LogP contribution in [0.4, 0.5) is 11.6 Å². The fraction of sp³-hybridized carbons (Fsp3) is 0.179. The molecule has 0 aliphatic carbocycles. The summed E-state index contributed by atoms with van der Waals surface area (Å²) in [5, 5.41) is 11.5. The summed E-state index contributed by atoms with van der Waals surface area (Å²) in [6.45, 7) is 2.10. The number of hydrogen-bond acceptors (Lipinski definition) is 7.